The van der Waals surface area contributed by atoms with Gasteiger partial charge in [-0.2, -0.15) is 0 Å². The van der Waals surface area contributed by atoms with Crippen molar-refractivity contribution in [2.75, 3.05) is 0 Å². The Bertz CT molecular complexity index is 202. The summed E-state index contributed by atoms with van der Waals surface area (Å²) in [6.07, 6.45) is 22.9. The van der Waals surface area contributed by atoms with Crippen LogP contribution in [0.3, 0.4) is 0 Å². The fourth-order valence-electron chi connectivity index (χ4n) is 4.48. The molecule has 0 N–H and O–H groups in total. The topological polar surface area (TPSA) is 0 Å². The van der Waals surface area contributed by atoms with Crippen molar-refractivity contribution >= 4 is 0 Å². The molecule has 0 spiro atoms. The van der Waals surface area contributed by atoms with Crippen molar-refractivity contribution in [3.63, 3.8) is 0 Å². The number of rotatable bonds is 3. The Kier molecular flexibility index (Phi) is 7.32. The third kappa shape index (κ3) is 5.88. The van der Waals surface area contributed by atoms with Gasteiger partial charge in [-0.3, -0.25) is 0 Å². The lowest BCUT2D eigenvalue weighted by Crippen LogP contribution is -2.17. The third-order valence-corrected chi connectivity index (χ3v) is 5.94. The maximum atomic E-state index is 2.38. The summed E-state index contributed by atoms with van der Waals surface area (Å²) in [5, 5.41) is 0. The predicted octanol–water partition coefficient (Wildman–Crippen LogP) is 6.73. The van der Waals surface area contributed by atoms with Crippen LogP contribution in [-0.4, -0.2) is 0 Å². The van der Waals surface area contributed by atoms with Gasteiger partial charge in [0.05, 0.1) is 0 Å². The van der Waals surface area contributed by atoms with Crippen LogP contribution in [0.2, 0.25) is 0 Å². The van der Waals surface area contributed by atoms with Gasteiger partial charge in [-0.05, 0) is 24.2 Å². The van der Waals surface area contributed by atoms with Crippen LogP contribution in [-0.2, 0) is 0 Å². The highest BCUT2D eigenvalue weighted by atomic mass is 14.3. The first kappa shape index (κ1) is 15.4. The molecule has 2 rings (SSSR count). The van der Waals surface area contributed by atoms with Crippen LogP contribution in [0.25, 0.3) is 0 Å². The van der Waals surface area contributed by atoms with E-state index in [1.807, 2.05) is 0 Å². The Hall–Kier alpha value is 0. The summed E-state index contributed by atoms with van der Waals surface area (Å²) in [7, 11) is 0. The van der Waals surface area contributed by atoms with E-state index in [1.165, 1.54) is 64.2 Å². The molecule has 0 aromatic carbocycles. The van der Waals surface area contributed by atoms with Gasteiger partial charge in [-0.15, -0.1) is 0 Å². The smallest absolute Gasteiger partial charge is 0.0411 e. The molecular formula is C19H36. The lowest BCUT2D eigenvalue weighted by Gasteiger charge is -2.31. The number of hydrogen-bond donors (Lipinski definition) is 0. The van der Waals surface area contributed by atoms with E-state index in [-0.39, 0.29) is 0 Å². The van der Waals surface area contributed by atoms with Crippen molar-refractivity contribution in [1.29, 1.82) is 0 Å². The Morgan fingerprint density at radius 2 is 0.947 bits per heavy atom. The molecule has 0 aromatic heterocycles. The van der Waals surface area contributed by atoms with Crippen LogP contribution in [0.5, 0.6) is 0 Å². The van der Waals surface area contributed by atoms with Gasteiger partial charge in [-0.1, -0.05) is 96.8 Å². The predicted molar refractivity (Wildman–Crippen MR) is 85.4 cm³/mol. The van der Waals surface area contributed by atoms with Crippen LogP contribution in [0.4, 0.5) is 0 Å². The largest absolute Gasteiger partial charge is 0.0651 e. The molecule has 2 aliphatic rings. The first-order valence-corrected chi connectivity index (χ1v) is 9.38. The van der Waals surface area contributed by atoms with Gasteiger partial charge in [0.15, 0.2) is 0 Å². The summed E-state index contributed by atoms with van der Waals surface area (Å²) < 4.78 is 0. The molecule has 0 nitrogen and oxygen atoms in total. The summed E-state index contributed by atoms with van der Waals surface area (Å²) in [4.78, 5) is 0. The van der Waals surface area contributed by atoms with E-state index < -0.39 is 0 Å². The highest BCUT2D eigenvalue weighted by molar-refractivity contribution is 4.75. The highest BCUT2D eigenvalue weighted by Gasteiger charge is 2.22. The summed E-state index contributed by atoms with van der Waals surface area (Å²) >= 11 is 0. The quantitative estimate of drug-likeness (QED) is 0.530. The van der Waals surface area contributed by atoms with Crippen molar-refractivity contribution in [1.82, 2.24) is 0 Å². The molecule has 0 heteroatoms. The van der Waals surface area contributed by atoms with Gasteiger partial charge in [0.2, 0.25) is 0 Å². The maximum absolute atomic E-state index is 2.38. The van der Waals surface area contributed by atoms with Gasteiger partial charge < -0.3 is 0 Å². The lowest BCUT2D eigenvalue weighted by atomic mass is 9.75. The summed E-state index contributed by atoms with van der Waals surface area (Å²) in [5.41, 5.74) is 0. The minimum atomic E-state index is 1.07. The van der Waals surface area contributed by atoms with E-state index in [1.54, 1.807) is 32.1 Å². The molecule has 0 atom stereocenters. The van der Waals surface area contributed by atoms with Crippen molar-refractivity contribution in [2.24, 2.45) is 17.8 Å². The average Bonchev–Trinajstić information content (AvgIpc) is 2.46. The van der Waals surface area contributed by atoms with E-state index >= 15 is 0 Å². The fourth-order valence-corrected chi connectivity index (χ4v) is 4.48. The fraction of sp³-hybridized carbons (Fsp3) is 1.00. The lowest BCUT2D eigenvalue weighted by molar-refractivity contribution is 0.217. The first-order valence-electron chi connectivity index (χ1n) is 9.38. The zero-order valence-corrected chi connectivity index (χ0v) is 13.3. The maximum Gasteiger partial charge on any atom is -0.0411 e. The Labute approximate surface area is 121 Å². The molecule has 0 aliphatic heterocycles. The second-order valence-electron chi connectivity index (χ2n) is 7.45. The third-order valence-electron chi connectivity index (χ3n) is 5.94. The average molecular weight is 264 g/mol. The SMILES string of the molecule is CCC1CCC(CC2CCCCCCCCC2)CC1. The van der Waals surface area contributed by atoms with Gasteiger partial charge >= 0.3 is 0 Å². The van der Waals surface area contributed by atoms with Crippen LogP contribution in [0.15, 0.2) is 0 Å². The zero-order chi connectivity index (χ0) is 13.3. The van der Waals surface area contributed by atoms with E-state index in [0.29, 0.717) is 0 Å². The van der Waals surface area contributed by atoms with Crippen LogP contribution < -0.4 is 0 Å². The molecule has 0 amide bonds. The molecule has 2 fully saturated rings. The van der Waals surface area contributed by atoms with Crippen LogP contribution in [0, 0.1) is 17.8 Å². The molecular weight excluding hydrogens is 228 g/mol. The van der Waals surface area contributed by atoms with E-state index in [2.05, 4.69) is 6.92 Å². The van der Waals surface area contributed by atoms with Crippen LogP contribution >= 0.6 is 0 Å². The molecule has 19 heavy (non-hydrogen) atoms. The Morgan fingerprint density at radius 3 is 1.47 bits per heavy atom. The normalized spacial score (nSPS) is 32.1. The second-order valence-corrected chi connectivity index (χ2v) is 7.45. The monoisotopic (exact) mass is 264 g/mol. The summed E-state index contributed by atoms with van der Waals surface area (Å²) in [6.45, 7) is 2.38. The van der Waals surface area contributed by atoms with Crippen molar-refractivity contribution in [3.8, 4) is 0 Å². The van der Waals surface area contributed by atoms with E-state index in [4.69, 9.17) is 0 Å². The van der Waals surface area contributed by atoms with Gasteiger partial charge in [0.1, 0.15) is 0 Å². The molecule has 2 aliphatic carbocycles. The zero-order valence-electron chi connectivity index (χ0n) is 13.3. The molecule has 0 bridgehead atoms. The highest BCUT2D eigenvalue weighted by Crippen LogP contribution is 2.36. The Morgan fingerprint density at radius 1 is 0.526 bits per heavy atom. The van der Waals surface area contributed by atoms with Crippen LogP contribution in [0.1, 0.15) is 103 Å². The molecule has 0 unspecified atom stereocenters. The molecule has 112 valence electrons. The van der Waals surface area contributed by atoms with E-state index in [0.717, 1.165) is 17.8 Å². The number of hydrogen-bond acceptors (Lipinski definition) is 0. The molecule has 0 saturated heterocycles. The first-order chi connectivity index (χ1) is 9.38. The molecule has 0 heterocycles. The summed E-state index contributed by atoms with van der Waals surface area (Å²) in [5.74, 6) is 3.25. The Balaban J connectivity index is 1.69. The molecule has 0 aromatic rings. The minimum Gasteiger partial charge on any atom is -0.0651 e. The standard InChI is InChI=1S/C19H36/c1-2-17-12-14-19(15-13-17)16-18-10-8-6-4-3-5-7-9-11-18/h17-19H,2-16H2,1H3. The summed E-state index contributed by atoms with van der Waals surface area (Å²) in [6, 6.07) is 0. The molecule has 0 radical (unpaired) electrons. The minimum absolute atomic E-state index is 1.07. The van der Waals surface area contributed by atoms with Crippen molar-refractivity contribution in [2.45, 2.75) is 103 Å². The van der Waals surface area contributed by atoms with Crippen molar-refractivity contribution < 1.29 is 0 Å². The van der Waals surface area contributed by atoms with Crippen molar-refractivity contribution in [3.05, 3.63) is 0 Å². The van der Waals surface area contributed by atoms with Gasteiger partial charge in [-0.25, -0.2) is 0 Å². The van der Waals surface area contributed by atoms with Gasteiger partial charge in [0, 0.05) is 0 Å². The van der Waals surface area contributed by atoms with Gasteiger partial charge in [0.25, 0.3) is 0 Å². The second kappa shape index (κ2) is 9.03. The molecule has 2 saturated carbocycles. The van der Waals surface area contributed by atoms with E-state index in [9.17, 15) is 0 Å².